The Labute approximate surface area is 146 Å². The molecule has 5 heteroatoms. The molecule has 4 nitrogen and oxygen atoms in total. The first kappa shape index (κ1) is 16.5. The van der Waals surface area contributed by atoms with E-state index in [1.807, 2.05) is 30.3 Å². The molecule has 1 saturated heterocycles. The third-order valence-electron chi connectivity index (χ3n) is 4.43. The number of likely N-dealkylation sites (tertiary alicyclic amines) is 1. The Morgan fingerprint density at radius 1 is 1.17 bits per heavy atom. The summed E-state index contributed by atoms with van der Waals surface area (Å²) < 4.78 is 0. The second kappa shape index (κ2) is 7.05. The quantitative estimate of drug-likeness (QED) is 0.920. The van der Waals surface area contributed by atoms with E-state index in [1.54, 1.807) is 36.2 Å². The average Bonchev–Trinajstić information content (AvgIpc) is 2.58. The molecule has 0 aromatic heterocycles. The van der Waals surface area contributed by atoms with Crippen molar-refractivity contribution in [2.75, 3.05) is 12.4 Å². The number of piperidine rings is 1. The Kier molecular flexibility index (Phi) is 4.86. The summed E-state index contributed by atoms with van der Waals surface area (Å²) in [7, 11) is 1.76. The fraction of sp³-hybridized carbons (Fsp3) is 0.263. The largest absolute Gasteiger partial charge is 0.338 e. The zero-order valence-corrected chi connectivity index (χ0v) is 14.2. The minimum Gasteiger partial charge on any atom is -0.338 e. The lowest BCUT2D eigenvalue weighted by molar-refractivity contribution is -0.140. The third-order valence-corrected chi connectivity index (χ3v) is 4.67. The summed E-state index contributed by atoms with van der Waals surface area (Å²) in [4.78, 5) is 26.6. The van der Waals surface area contributed by atoms with Crippen molar-refractivity contribution >= 4 is 29.1 Å². The molecular weight excluding hydrogens is 324 g/mol. The van der Waals surface area contributed by atoms with Gasteiger partial charge in [-0.25, -0.2) is 0 Å². The predicted molar refractivity (Wildman–Crippen MR) is 94.8 cm³/mol. The first-order valence-electron chi connectivity index (χ1n) is 7.93. The van der Waals surface area contributed by atoms with Gasteiger partial charge in [-0.15, -0.1) is 0 Å². The van der Waals surface area contributed by atoms with Crippen molar-refractivity contribution in [1.82, 2.24) is 4.90 Å². The molecule has 2 atom stereocenters. The minimum atomic E-state index is -0.297. The Bertz CT molecular complexity index is 748. The van der Waals surface area contributed by atoms with Crippen molar-refractivity contribution < 1.29 is 9.59 Å². The topological polar surface area (TPSA) is 49.4 Å². The van der Waals surface area contributed by atoms with Gasteiger partial charge in [0.25, 0.3) is 0 Å². The highest BCUT2D eigenvalue weighted by atomic mass is 35.5. The van der Waals surface area contributed by atoms with Crippen molar-refractivity contribution in [2.24, 2.45) is 5.92 Å². The van der Waals surface area contributed by atoms with Crippen LogP contribution in [0.2, 0.25) is 5.02 Å². The molecule has 0 spiro atoms. The van der Waals surface area contributed by atoms with Gasteiger partial charge in [0.15, 0.2) is 0 Å². The molecule has 0 radical (unpaired) electrons. The Hall–Kier alpha value is -2.33. The molecule has 0 aliphatic carbocycles. The minimum absolute atomic E-state index is 0.0654. The Morgan fingerprint density at radius 3 is 2.62 bits per heavy atom. The standard InChI is InChI=1S/C19H19ClN2O2/c1-22-17(23)11-10-16(18(22)13-6-3-2-4-7-13)19(24)21-15-9-5-8-14(20)12-15/h2-9,12,16,18H,10-11H2,1H3,(H,21,24)/t16-,18-/m0/s1. The van der Waals surface area contributed by atoms with Gasteiger partial charge in [-0.05, 0) is 30.2 Å². The van der Waals surface area contributed by atoms with E-state index < -0.39 is 0 Å². The van der Waals surface area contributed by atoms with Crippen molar-refractivity contribution in [3.63, 3.8) is 0 Å². The van der Waals surface area contributed by atoms with Gasteiger partial charge in [-0.1, -0.05) is 48.0 Å². The molecule has 0 unspecified atom stereocenters. The molecule has 1 aliphatic rings. The molecular formula is C19H19ClN2O2. The molecule has 24 heavy (non-hydrogen) atoms. The number of halogens is 1. The molecule has 1 heterocycles. The van der Waals surface area contributed by atoms with E-state index >= 15 is 0 Å². The molecule has 3 rings (SSSR count). The van der Waals surface area contributed by atoms with E-state index in [4.69, 9.17) is 11.6 Å². The number of benzene rings is 2. The van der Waals surface area contributed by atoms with E-state index in [0.29, 0.717) is 23.6 Å². The van der Waals surface area contributed by atoms with Crippen LogP contribution in [0.3, 0.4) is 0 Å². The molecule has 1 N–H and O–H groups in total. The molecule has 2 aromatic carbocycles. The third kappa shape index (κ3) is 3.44. The second-order valence-corrected chi connectivity index (χ2v) is 6.44. The van der Waals surface area contributed by atoms with Crippen molar-refractivity contribution in [3.05, 3.63) is 65.2 Å². The number of rotatable bonds is 3. The van der Waals surface area contributed by atoms with Crippen LogP contribution in [-0.4, -0.2) is 23.8 Å². The summed E-state index contributed by atoms with van der Waals surface area (Å²) in [6.45, 7) is 0. The first-order valence-corrected chi connectivity index (χ1v) is 8.31. The van der Waals surface area contributed by atoms with Gasteiger partial charge < -0.3 is 10.2 Å². The van der Waals surface area contributed by atoms with Crippen LogP contribution in [0, 0.1) is 5.92 Å². The predicted octanol–water partition coefficient (Wildman–Crippen LogP) is 3.89. The van der Waals surface area contributed by atoms with Crippen molar-refractivity contribution in [3.8, 4) is 0 Å². The van der Waals surface area contributed by atoms with Crippen LogP contribution in [0.15, 0.2) is 54.6 Å². The molecule has 1 aliphatic heterocycles. The second-order valence-electron chi connectivity index (χ2n) is 6.00. The van der Waals surface area contributed by atoms with Gasteiger partial charge in [0.1, 0.15) is 0 Å². The van der Waals surface area contributed by atoms with Crippen LogP contribution in [-0.2, 0) is 9.59 Å². The lowest BCUT2D eigenvalue weighted by atomic mass is 9.84. The number of nitrogens with zero attached hydrogens (tertiary/aromatic N) is 1. The number of carbonyl (C=O) groups is 2. The molecule has 0 saturated carbocycles. The number of hydrogen-bond donors (Lipinski definition) is 1. The average molecular weight is 343 g/mol. The van der Waals surface area contributed by atoms with E-state index in [1.165, 1.54) is 0 Å². The fourth-order valence-corrected chi connectivity index (χ4v) is 3.41. The van der Waals surface area contributed by atoms with Gasteiger partial charge in [0, 0.05) is 24.2 Å². The van der Waals surface area contributed by atoms with Crippen molar-refractivity contribution in [1.29, 1.82) is 0 Å². The van der Waals surface area contributed by atoms with Crippen LogP contribution in [0.25, 0.3) is 0 Å². The van der Waals surface area contributed by atoms with Gasteiger partial charge >= 0.3 is 0 Å². The molecule has 0 bridgehead atoms. The maximum atomic E-state index is 12.8. The number of carbonyl (C=O) groups excluding carboxylic acids is 2. The van der Waals surface area contributed by atoms with Gasteiger partial charge in [-0.2, -0.15) is 0 Å². The Balaban J connectivity index is 1.86. The maximum absolute atomic E-state index is 12.8. The van der Waals surface area contributed by atoms with E-state index in [0.717, 1.165) is 5.56 Å². The monoisotopic (exact) mass is 342 g/mol. The first-order chi connectivity index (χ1) is 11.6. The lowest BCUT2D eigenvalue weighted by Gasteiger charge is -2.38. The lowest BCUT2D eigenvalue weighted by Crippen LogP contribution is -2.44. The zero-order valence-electron chi connectivity index (χ0n) is 13.4. The highest BCUT2D eigenvalue weighted by Gasteiger charge is 2.38. The summed E-state index contributed by atoms with van der Waals surface area (Å²) in [5, 5.41) is 3.50. The summed E-state index contributed by atoms with van der Waals surface area (Å²) >= 11 is 5.98. The Morgan fingerprint density at radius 2 is 1.92 bits per heavy atom. The summed E-state index contributed by atoms with van der Waals surface area (Å²) in [6.07, 6.45) is 0.919. The fourth-order valence-electron chi connectivity index (χ4n) is 3.22. The molecule has 2 aromatic rings. The highest BCUT2D eigenvalue weighted by Crippen LogP contribution is 2.36. The molecule has 124 valence electrons. The summed E-state index contributed by atoms with van der Waals surface area (Å²) in [6, 6.07) is 16.5. The SMILES string of the molecule is CN1C(=O)CC[C@H](C(=O)Nc2cccc(Cl)c2)[C@@H]1c1ccccc1. The maximum Gasteiger partial charge on any atom is 0.229 e. The number of hydrogen-bond acceptors (Lipinski definition) is 2. The van der Waals surface area contributed by atoms with Gasteiger partial charge in [0.2, 0.25) is 11.8 Å². The summed E-state index contributed by atoms with van der Waals surface area (Å²) in [5.74, 6) is -0.324. The number of anilines is 1. The van der Waals surface area contributed by atoms with E-state index in [-0.39, 0.29) is 23.8 Å². The van der Waals surface area contributed by atoms with Crippen LogP contribution < -0.4 is 5.32 Å². The van der Waals surface area contributed by atoms with Gasteiger partial charge in [-0.3, -0.25) is 9.59 Å². The normalized spacial score (nSPS) is 20.8. The zero-order chi connectivity index (χ0) is 17.1. The summed E-state index contributed by atoms with van der Waals surface area (Å²) in [5.41, 5.74) is 1.64. The smallest absolute Gasteiger partial charge is 0.229 e. The van der Waals surface area contributed by atoms with Gasteiger partial charge in [0.05, 0.1) is 12.0 Å². The molecule has 1 fully saturated rings. The van der Waals surface area contributed by atoms with E-state index in [2.05, 4.69) is 5.32 Å². The van der Waals surface area contributed by atoms with Crippen LogP contribution in [0.5, 0.6) is 0 Å². The molecule has 2 amide bonds. The van der Waals surface area contributed by atoms with Crippen LogP contribution >= 0.6 is 11.6 Å². The van der Waals surface area contributed by atoms with Crippen LogP contribution in [0.1, 0.15) is 24.4 Å². The van der Waals surface area contributed by atoms with Crippen LogP contribution in [0.4, 0.5) is 5.69 Å². The number of amides is 2. The number of nitrogens with one attached hydrogen (secondary N) is 1. The highest BCUT2D eigenvalue weighted by molar-refractivity contribution is 6.30. The van der Waals surface area contributed by atoms with E-state index in [9.17, 15) is 9.59 Å². The van der Waals surface area contributed by atoms with Crippen molar-refractivity contribution in [2.45, 2.75) is 18.9 Å².